The molecule has 3 nitrogen and oxygen atoms in total. The molecular weight excluding hydrogens is 198 g/mol. The van der Waals surface area contributed by atoms with Gasteiger partial charge in [0.2, 0.25) is 0 Å². The molecule has 0 aromatic carbocycles. The molecular formula is C10H9NO2S. The highest BCUT2D eigenvalue weighted by atomic mass is 32.1. The molecule has 0 radical (unpaired) electrons. The fourth-order valence-electron chi connectivity index (χ4n) is 1.75. The Morgan fingerprint density at radius 2 is 2.29 bits per heavy atom. The highest BCUT2D eigenvalue weighted by Gasteiger charge is 2.46. The average molecular weight is 207 g/mol. The number of hydrogen-bond donors (Lipinski definition) is 1. The predicted molar refractivity (Wildman–Crippen MR) is 52.2 cm³/mol. The lowest BCUT2D eigenvalue weighted by Gasteiger charge is -2.36. The maximum atomic E-state index is 11.1. The first-order valence-electron chi connectivity index (χ1n) is 4.43. The molecule has 1 aromatic heterocycles. The van der Waals surface area contributed by atoms with Gasteiger partial charge in [0.1, 0.15) is 16.4 Å². The number of rotatable bonds is 2. The second-order valence-corrected chi connectivity index (χ2v) is 4.60. The molecule has 1 N–H and O–H groups in total. The summed E-state index contributed by atoms with van der Waals surface area (Å²) in [7, 11) is 0. The zero-order chi connectivity index (χ0) is 10.2. The molecule has 1 heterocycles. The molecule has 0 atom stereocenters. The lowest BCUT2D eigenvalue weighted by atomic mass is 9.68. The number of carboxylic acids is 1. The summed E-state index contributed by atoms with van der Waals surface area (Å²) >= 11 is 1.30. The summed E-state index contributed by atoms with van der Waals surface area (Å²) < 4.78 is 0. The lowest BCUT2D eigenvalue weighted by molar-refractivity contribution is -0.147. The Kier molecular flexibility index (Phi) is 2.05. The number of carboxylic acid groups (broad SMARTS) is 1. The van der Waals surface area contributed by atoms with E-state index < -0.39 is 11.4 Å². The lowest BCUT2D eigenvalue weighted by Crippen LogP contribution is -2.41. The van der Waals surface area contributed by atoms with Crippen LogP contribution < -0.4 is 0 Å². The van der Waals surface area contributed by atoms with E-state index in [0.29, 0.717) is 17.7 Å². The normalized spacial score (nSPS) is 18.2. The topological polar surface area (TPSA) is 61.1 Å². The Morgan fingerprint density at radius 3 is 2.64 bits per heavy atom. The van der Waals surface area contributed by atoms with Crippen LogP contribution in [0.3, 0.4) is 0 Å². The van der Waals surface area contributed by atoms with Gasteiger partial charge in [0.05, 0.1) is 0 Å². The third-order valence-electron chi connectivity index (χ3n) is 2.80. The summed E-state index contributed by atoms with van der Waals surface area (Å²) in [4.78, 5) is 12.5. The van der Waals surface area contributed by atoms with E-state index in [-0.39, 0.29) is 0 Å². The van der Waals surface area contributed by atoms with E-state index in [1.807, 2.05) is 6.07 Å². The number of carbonyl (C=O) groups is 1. The third kappa shape index (κ3) is 1.13. The second-order valence-electron chi connectivity index (χ2n) is 3.52. The summed E-state index contributed by atoms with van der Waals surface area (Å²) in [6.45, 7) is 0. The van der Waals surface area contributed by atoms with Crippen molar-refractivity contribution in [3.63, 3.8) is 0 Å². The fraction of sp³-hybridized carbons (Fsp3) is 0.400. The Hall–Kier alpha value is -1.34. The fourth-order valence-corrected chi connectivity index (χ4v) is 2.79. The van der Waals surface area contributed by atoms with Crippen LogP contribution in [0.25, 0.3) is 0 Å². The van der Waals surface area contributed by atoms with Crippen LogP contribution in [-0.4, -0.2) is 11.1 Å². The van der Waals surface area contributed by atoms with E-state index in [4.69, 9.17) is 10.4 Å². The van der Waals surface area contributed by atoms with Gasteiger partial charge in [0.25, 0.3) is 0 Å². The summed E-state index contributed by atoms with van der Waals surface area (Å²) in [6.07, 6.45) is 2.37. The number of aliphatic carboxylic acids is 1. The van der Waals surface area contributed by atoms with Crippen molar-refractivity contribution in [3.05, 3.63) is 21.9 Å². The summed E-state index contributed by atoms with van der Waals surface area (Å²) in [6, 6.07) is 5.50. The SMILES string of the molecule is N#Cc1ccc(C2(C(=O)O)CCC2)s1. The monoisotopic (exact) mass is 207 g/mol. The molecule has 0 unspecified atom stereocenters. The minimum atomic E-state index is -0.755. The van der Waals surface area contributed by atoms with Gasteiger partial charge in [-0.05, 0) is 25.0 Å². The quantitative estimate of drug-likeness (QED) is 0.808. The van der Waals surface area contributed by atoms with Gasteiger partial charge in [-0.3, -0.25) is 4.79 Å². The van der Waals surface area contributed by atoms with Gasteiger partial charge in [-0.1, -0.05) is 6.42 Å². The third-order valence-corrected chi connectivity index (χ3v) is 4.00. The van der Waals surface area contributed by atoms with E-state index in [2.05, 4.69) is 0 Å². The minimum Gasteiger partial charge on any atom is -0.481 e. The molecule has 2 rings (SSSR count). The molecule has 0 bridgehead atoms. The Balaban J connectivity index is 2.38. The van der Waals surface area contributed by atoms with Crippen molar-refractivity contribution < 1.29 is 9.90 Å². The highest BCUT2D eigenvalue weighted by molar-refractivity contribution is 7.12. The molecule has 4 heteroatoms. The molecule has 72 valence electrons. The Bertz CT molecular complexity index is 412. The zero-order valence-corrected chi connectivity index (χ0v) is 8.30. The largest absolute Gasteiger partial charge is 0.481 e. The smallest absolute Gasteiger partial charge is 0.314 e. The molecule has 0 amide bonds. The summed E-state index contributed by atoms with van der Waals surface area (Å²) in [5, 5.41) is 17.8. The van der Waals surface area contributed by atoms with Gasteiger partial charge in [-0.15, -0.1) is 11.3 Å². The maximum absolute atomic E-state index is 11.1. The van der Waals surface area contributed by atoms with E-state index in [0.717, 1.165) is 11.3 Å². The van der Waals surface area contributed by atoms with Crippen LogP contribution in [-0.2, 0) is 10.2 Å². The first-order valence-corrected chi connectivity index (χ1v) is 5.24. The number of thiophene rings is 1. The molecule has 0 spiro atoms. The number of nitrogens with zero attached hydrogens (tertiary/aromatic N) is 1. The van der Waals surface area contributed by atoms with E-state index in [9.17, 15) is 4.79 Å². The summed E-state index contributed by atoms with van der Waals surface area (Å²) in [5.74, 6) is -0.755. The van der Waals surface area contributed by atoms with E-state index in [1.165, 1.54) is 11.3 Å². The zero-order valence-electron chi connectivity index (χ0n) is 7.49. The van der Waals surface area contributed by atoms with Gasteiger partial charge in [-0.2, -0.15) is 5.26 Å². The predicted octanol–water partition coefficient (Wildman–Crippen LogP) is 2.13. The van der Waals surface area contributed by atoms with Crippen molar-refractivity contribution in [2.75, 3.05) is 0 Å². The van der Waals surface area contributed by atoms with Crippen LogP contribution in [0.1, 0.15) is 29.0 Å². The first kappa shape index (κ1) is 9.22. The second kappa shape index (κ2) is 3.10. The van der Waals surface area contributed by atoms with Crippen molar-refractivity contribution in [1.29, 1.82) is 5.26 Å². The van der Waals surface area contributed by atoms with Gasteiger partial charge in [0.15, 0.2) is 0 Å². The van der Waals surface area contributed by atoms with Gasteiger partial charge < -0.3 is 5.11 Å². The summed E-state index contributed by atoms with van der Waals surface area (Å²) in [5.41, 5.74) is -0.681. The average Bonchev–Trinajstić information content (AvgIpc) is 2.50. The number of nitriles is 1. The highest BCUT2D eigenvalue weighted by Crippen LogP contribution is 2.46. The maximum Gasteiger partial charge on any atom is 0.314 e. The van der Waals surface area contributed by atoms with Crippen molar-refractivity contribution in [1.82, 2.24) is 0 Å². The van der Waals surface area contributed by atoms with E-state index in [1.54, 1.807) is 12.1 Å². The van der Waals surface area contributed by atoms with Crippen LogP contribution in [0.15, 0.2) is 12.1 Å². The molecule has 1 aliphatic rings. The molecule has 1 aromatic rings. The van der Waals surface area contributed by atoms with Crippen LogP contribution in [0, 0.1) is 11.3 Å². The van der Waals surface area contributed by atoms with Gasteiger partial charge >= 0.3 is 5.97 Å². The Morgan fingerprint density at radius 1 is 1.57 bits per heavy atom. The Labute approximate surface area is 85.6 Å². The molecule has 1 fully saturated rings. The van der Waals surface area contributed by atoms with Crippen molar-refractivity contribution in [2.24, 2.45) is 0 Å². The first-order chi connectivity index (χ1) is 6.69. The molecule has 14 heavy (non-hydrogen) atoms. The van der Waals surface area contributed by atoms with Crippen LogP contribution >= 0.6 is 11.3 Å². The van der Waals surface area contributed by atoms with Crippen LogP contribution in [0.5, 0.6) is 0 Å². The molecule has 0 saturated heterocycles. The van der Waals surface area contributed by atoms with Crippen molar-refractivity contribution in [3.8, 4) is 6.07 Å². The van der Waals surface area contributed by atoms with E-state index >= 15 is 0 Å². The van der Waals surface area contributed by atoms with Gasteiger partial charge in [-0.25, -0.2) is 0 Å². The number of hydrogen-bond acceptors (Lipinski definition) is 3. The van der Waals surface area contributed by atoms with Crippen LogP contribution in [0.4, 0.5) is 0 Å². The molecule has 1 saturated carbocycles. The minimum absolute atomic E-state index is 0.590. The van der Waals surface area contributed by atoms with Crippen LogP contribution in [0.2, 0.25) is 0 Å². The molecule has 1 aliphatic carbocycles. The molecule has 0 aliphatic heterocycles. The van der Waals surface area contributed by atoms with Gasteiger partial charge in [0, 0.05) is 4.88 Å². The van der Waals surface area contributed by atoms with Crippen molar-refractivity contribution in [2.45, 2.75) is 24.7 Å². The standard InChI is InChI=1S/C10H9NO2S/c11-6-7-2-3-8(14-7)10(9(12)13)4-1-5-10/h2-3H,1,4-5H2,(H,12,13). The van der Waals surface area contributed by atoms with Crippen molar-refractivity contribution >= 4 is 17.3 Å².